The van der Waals surface area contributed by atoms with Gasteiger partial charge in [-0.2, -0.15) is 5.26 Å². The molecule has 2 rings (SSSR count). The monoisotopic (exact) mass is 336 g/mol. The highest BCUT2D eigenvalue weighted by Crippen LogP contribution is 2.26. The van der Waals surface area contributed by atoms with Gasteiger partial charge in [0.1, 0.15) is 11.6 Å². The molecule has 0 bridgehead atoms. The van der Waals surface area contributed by atoms with Crippen LogP contribution in [0.25, 0.3) is 0 Å². The number of halogens is 3. The number of hydrogen-bond donors (Lipinski definition) is 1. The van der Waals surface area contributed by atoms with Gasteiger partial charge in [-0.05, 0) is 46.6 Å². The molecule has 2 nitrogen and oxygen atoms in total. The minimum atomic E-state index is -0.724. The molecule has 0 unspecified atom stereocenters. The fraction of sp³-hybridized carbons (Fsp3) is 0.133. The standard InChI is InChI=1S/C15H11BrF2N2/c1-9-3-2-4-14(15(9)16)20-8-11-12(17)5-10(7-19)6-13(11)18/h2-6,20H,8H2,1H3. The summed E-state index contributed by atoms with van der Waals surface area (Å²) in [7, 11) is 0. The molecule has 0 saturated carbocycles. The van der Waals surface area contributed by atoms with E-state index in [-0.39, 0.29) is 17.7 Å². The van der Waals surface area contributed by atoms with Gasteiger partial charge in [0, 0.05) is 22.3 Å². The Morgan fingerprint density at radius 1 is 1.25 bits per heavy atom. The topological polar surface area (TPSA) is 35.8 Å². The summed E-state index contributed by atoms with van der Waals surface area (Å²) >= 11 is 3.42. The molecule has 2 aromatic rings. The smallest absolute Gasteiger partial charge is 0.132 e. The Morgan fingerprint density at radius 3 is 2.50 bits per heavy atom. The van der Waals surface area contributed by atoms with Crippen molar-refractivity contribution in [2.45, 2.75) is 13.5 Å². The van der Waals surface area contributed by atoms with Crippen LogP contribution in [0.4, 0.5) is 14.5 Å². The van der Waals surface area contributed by atoms with Gasteiger partial charge in [-0.1, -0.05) is 12.1 Å². The van der Waals surface area contributed by atoms with E-state index in [9.17, 15) is 8.78 Å². The van der Waals surface area contributed by atoms with Crippen molar-refractivity contribution < 1.29 is 8.78 Å². The first-order chi connectivity index (χ1) is 9.52. The Balaban J connectivity index is 2.24. The molecule has 0 radical (unpaired) electrons. The van der Waals surface area contributed by atoms with Gasteiger partial charge in [0.15, 0.2) is 0 Å². The van der Waals surface area contributed by atoms with Crippen LogP contribution in [0.5, 0.6) is 0 Å². The zero-order valence-electron chi connectivity index (χ0n) is 10.7. The van der Waals surface area contributed by atoms with Crippen molar-refractivity contribution in [1.29, 1.82) is 5.26 Å². The van der Waals surface area contributed by atoms with Gasteiger partial charge >= 0.3 is 0 Å². The molecule has 0 aliphatic heterocycles. The average Bonchev–Trinajstić information content (AvgIpc) is 2.42. The van der Waals surface area contributed by atoms with Gasteiger partial charge in [-0.15, -0.1) is 0 Å². The average molecular weight is 337 g/mol. The minimum absolute atomic E-state index is 0.00539. The van der Waals surface area contributed by atoms with Crippen LogP contribution in [0.15, 0.2) is 34.8 Å². The Hall–Kier alpha value is -1.93. The number of benzene rings is 2. The van der Waals surface area contributed by atoms with Gasteiger partial charge in [0.25, 0.3) is 0 Å². The Bertz CT molecular complexity index is 670. The summed E-state index contributed by atoms with van der Waals surface area (Å²) in [6.45, 7) is 1.93. The van der Waals surface area contributed by atoms with E-state index in [2.05, 4.69) is 21.2 Å². The number of nitriles is 1. The number of aryl methyl sites for hydroxylation is 1. The third kappa shape index (κ3) is 2.97. The zero-order valence-corrected chi connectivity index (χ0v) is 12.3. The quantitative estimate of drug-likeness (QED) is 0.894. The largest absolute Gasteiger partial charge is 0.380 e. The van der Waals surface area contributed by atoms with Crippen molar-refractivity contribution in [3.05, 3.63) is 63.1 Å². The number of nitrogens with zero attached hydrogens (tertiary/aromatic N) is 1. The van der Waals surface area contributed by atoms with E-state index < -0.39 is 11.6 Å². The molecule has 0 aliphatic rings. The molecule has 0 amide bonds. The fourth-order valence-electron chi connectivity index (χ4n) is 1.80. The number of rotatable bonds is 3. The van der Waals surface area contributed by atoms with E-state index in [0.29, 0.717) is 0 Å². The molecule has 0 aromatic heterocycles. The number of nitrogens with one attached hydrogen (secondary N) is 1. The van der Waals surface area contributed by atoms with E-state index in [1.54, 1.807) is 6.07 Å². The molecular weight excluding hydrogens is 326 g/mol. The maximum Gasteiger partial charge on any atom is 0.132 e. The SMILES string of the molecule is Cc1cccc(NCc2c(F)cc(C#N)cc2F)c1Br. The van der Waals surface area contributed by atoms with Gasteiger partial charge in [-0.25, -0.2) is 8.78 Å². The predicted molar refractivity (Wildman–Crippen MR) is 77.3 cm³/mol. The van der Waals surface area contributed by atoms with Crippen molar-refractivity contribution >= 4 is 21.6 Å². The van der Waals surface area contributed by atoms with Crippen molar-refractivity contribution in [1.82, 2.24) is 0 Å². The molecule has 1 N–H and O–H groups in total. The second kappa shape index (κ2) is 6.02. The maximum absolute atomic E-state index is 13.7. The van der Waals surface area contributed by atoms with Crippen LogP contribution in [0.2, 0.25) is 0 Å². The second-order valence-corrected chi connectivity index (χ2v) is 5.11. The normalized spacial score (nSPS) is 10.2. The Labute approximate surface area is 124 Å². The lowest BCUT2D eigenvalue weighted by molar-refractivity contribution is 0.559. The van der Waals surface area contributed by atoms with Gasteiger partial charge < -0.3 is 5.32 Å². The predicted octanol–water partition coefficient (Wildman–Crippen LogP) is 4.52. The Kier molecular flexibility index (Phi) is 4.35. The van der Waals surface area contributed by atoms with E-state index >= 15 is 0 Å². The summed E-state index contributed by atoms with van der Waals surface area (Å²) in [6.07, 6.45) is 0. The summed E-state index contributed by atoms with van der Waals surface area (Å²) in [5.41, 5.74) is 1.67. The van der Waals surface area contributed by atoms with Crippen molar-refractivity contribution in [3.8, 4) is 6.07 Å². The van der Waals surface area contributed by atoms with Gasteiger partial charge in [0.05, 0.1) is 11.6 Å². The lowest BCUT2D eigenvalue weighted by Crippen LogP contribution is -2.06. The molecule has 0 heterocycles. The highest BCUT2D eigenvalue weighted by Gasteiger charge is 2.12. The number of hydrogen-bond acceptors (Lipinski definition) is 2. The van der Waals surface area contributed by atoms with E-state index in [1.165, 1.54) is 0 Å². The van der Waals surface area contributed by atoms with E-state index in [0.717, 1.165) is 27.9 Å². The Morgan fingerprint density at radius 2 is 1.90 bits per heavy atom. The van der Waals surface area contributed by atoms with Crippen molar-refractivity contribution in [2.75, 3.05) is 5.32 Å². The molecule has 0 spiro atoms. The highest BCUT2D eigenvalue weighted by molar-refractivity contribution is 9.10. The molecule has 0 fully saturated rings. The lowest BCUT2D eigenvalue weighted by Gasteiger charge is -2.11. The third-order valence-electron chi connectivity index (χ3n) is 2.92. The first-order valence-corrected chi connectivity index (χ1v) is 6.69. The summed E-state index contributed by atoms with van der Waals surface area (Å²) in [5, 5.41) is 11.6. The summed E-state index contributed by atoms with van der Waals surface area (Å²) in [4.78, 5) is 0. The molecule has 0 aliphatic carbocycles. The molecule has 20 heavy (non-hydrogen) atoms. The molecule has 0 saturated heterocycles. The minimum Gasteiger partial charge on any atom is -0.380 e. The van der Waals surface area contributed by atoms with Gasteiger partial charge in [-0.3, -0.25) is 0 Å². The van der Waals surface area contributed by atoms with Crippen LogP contribution in [-0.2, 0) is 6.54 Å². The third-order valence-corrected chi connectivity index (χ3v) is 3.97. The van der Waals surface area contributed by atoms with Crippen molar-refractivity contribution in [3.63, 3.8) is 0 Å². The fourth-order valence-corrected chi connectivity index (χ4v) is 2.21. The second-order valence-electron chi connectivity index (χ2n) is 4.32. The van der Waals surface area contributed by atoms with Crippen molar-refractivity contribution in [2.24, 2.45) is 0 Å². The van der Waals surface area contributed by atoms with Crippen LogP contribution in [0.1, 0.15) is 16.7 Å². The molecule has 2 aromatic carbocycles. The highest BCUT2D eigenvalue weighted by atomic mass is 79.9. The lowest BCUT2D eigenvalue weighted by atomic mass is 10.1. The van der Waals surface area contributed by atoms with Gasteiger partial charge in [0.2, 0.25) is 0 Å². The van der Waals surface area contributed by atoms with E-state index in [4.69, 9.17) is 5.26 Å². The van der Waals surface area contributed by atoms with Crippen LogP contribution >= 0.6 is 15.9 Å². The molecule has 5 heteroatoms. The zero-order chi connectivity index (χ0) is 14.7. The van der Waals surface area contributed by atoms with Crippen LogP contribution in [0.3, 0.4) is 0 Å². The van der Waals surface area contributed by atoms with Crippen LogP contribution in [-0.4, -0.2) is 0 Å². The summed E-state index contributed by atoms with van der Waals surface area (Å²) in [6, 6.07) is 9.38. The molecular formula is C15H11BrF2N2. The van der Waals surface area contributed by atoms with E-state index in [1.807, 2.05) is 25.1 Å². The first-order valence-electron chi connectivity index (χ1n) is 5.90. The molecule has 0 atom stereocenters. The summed E-state index contributed by atoms with van der Waals surface area (Å²) < 4.78 is 28.3. The van der Waals surface area contributed by atoms with Crippen LogP contribution in [0, 0.1) is 29.9 Å². The number of anilines is 1. The van der Waals surface area contributed by atoms with Crippen LogP contribution < -0.4 is 5.32 Å². The molecule has 102 valence electrons. The summed E-state index contributed by atoms with van der Waals surface area (Å²) in [5.74, 6) is -1.45. The maximum atomic E-state index is 13.7. The first kappa shape index (κ1) is 14.5.